The maximum atomic E-state index is 13.2. The molecule has 0 bridgehead atoms. The number of aromatic hydroxyl groups is 1. The molecule has 0 fully saturated rings. The largest absolute Gasteiger partial charge is 0.508 e. The molecule has 0 saturated carbocycles. The van der Waals surface area contributed by atoms with Crippen molar-refractivity contribution in [3.05, 3.63) is 89.0 Å². The normalized spacial score (nSPS) is 24.7. The highest BCUT2D eigenvalue weighted by molar-refractivity contribution is 6.31. The molecule has 3 atom stereocenters. The second-order valence-electron chi connectivity index (χ2n) is 6.75. The molecule has 27 heavy (non-hydrogen) atoms. The molecule has 4 nitrogen and oxygen atoms in total. The molecule has 2 aliphatic rings. The van der Waals surface area contributed by atoms with Gasteiger partial charge in [0.05, 0.1) is 11.8 Å². The third kappa shape index (κ3) is 3.28. The first-order valence-corrected chi connectivity index (χ1v) is 9.16. The third-order valence-electron chi connectivity index (χ3n) is 5.05. The fourth-order valence-electron chi connectivity index (χ4n) is 3.62. The van der Waals surface area contributed by atoms with Gasteiger partial charge in [-0.05, 0) is 29.3 Å². The van der Waals surface area contributed by atoms with Gasteiger partial charge in [-0.15, -0.1) is 0 Å². The van der Waals surface area contributed by atoms with Gasteiger partial charge in [-0.25, -0.2) is 0 Å². The standard InChI is InChI=1S/C22H19ClN2O2/c1-25-19-12-9-16(23)13-18(19)20(14-5-3-2-4-6-14)24-21(22(25)27)15-7-10-17(26)11-8-15/h2-13,18-19,21,26H,1H3. The van der Waals surface area contributed by atoms with Crippen molar-refractivity contribution in [2.24, 2.45) is 10.9 Å². The molecule has 1 amide bonds. The number of phenolic OH excluding ortho intramolecular Hbond substituents is 1. The number of likely N-dealkylation sites (N-methyl/N-ethyl adjacent to an activating group) is 1. The van der Waals surface area contributed by atoms with Crippen molar-refractivity contribution in [2.75, 3.05) is 7.05 Å². The summed E-state index contributed by atoms with van der Waals surface area (Å²) in [6.45, 7) is 0. The van der Waals surface area contributed by atoms with Gasteiger partial charge in [0.15, 0.2) is 6.04 Å². The number of halogens is 1. The fraction of sp³-hybridized carbons (Fsp3) is 0.182. The molecule has 0 saturated heterocycles. The Bertz CT molecular complexity index is 948. The van der Waals surface area contributed by atoms with Crippen LogP contribution in [0.2, 0.25) is 0 Å². The van der Waals surface area contributed by atoms with Crippen LogP contribution < -0.4 is 0 Å². The summed E-state index contributed by atoms with van der Waals surface area (Å²) >= 11 is 6.29. The number of nitrogens with zero attached hydrogens (tertiary/aromatic N) is 2. The van der Waals surface area contributed by atoms with E-state index < -0.39 is 6.04 Å². The molecule has 3 unspecified atom stereocenters. The van der Waals surface area contributed by atoms with E-state index in [-0.39, 0.29) is 23.6 Å². The van der Waals surface area contributed by atoms with Crippen LogP contribution in [0, 0.1) is 5.92 Å². The Morgan fingerprint density at radius 1 is 1.07 bits per heavy atom. The van der Waals surface area contributed by atoms with E-state index in [1.165, 1.54) is 0 Å². The number of aliphatic imine (C=N–C) groups is 1. The van der Waals surface area contributed by atoms with Crippen molar-refractivity contribution in [3.8, 4) is 5.75 Å². The molecule has 1 aliphatic carbocycles. The zero-order chi connectivity index (χ0) is 19.0. The van der Waals surface area contributed by atoms with Crippen molar-refractivity contribution < 1.29 is 9.90 Å². The van der Waals surface area contributed by atoms with Gasteiger partial charge in [-0.1, -0.05) is 66.2 Å². The second-order valence-corrected chi connectivity index (χ2v) is 7.19. The first-order chi connectivity index (χ1) is 13.0. The van der Waals surface area contributed by atoms with Gasteiger partial charge in [0.25, 0.3) is 5.91 Å². The molecule has 2 aromatic carbocycles. The molecule has 136 valence electrons. The lowest BCUT2D eigenvalue weighted by Gasteiger charge is -2.32. The van der Waals surface area contributed by atoms with Gasteiger partial charge in [0.1, 0.15) is 5.75 Å². The molecular weight excluding hydrogens is 360 g/mol. The van der Waals surface area contributed by atoms with Crippen LogP contribution in [0.25, 0.3) is 0 Å². The van der Waals surface area contributed by atoms with E-state index in [0.29, 0.717) is 5.03 Å². The number of allylic oxidation sites excluding steroid dienone is 2. The second kappa shape index (κ2) is 7.05. The van der Waals surface area contributed by atoms with Crippen molar-refractivity contribution >= 4 is 23.2 Å². The summed E-state index contributed by atoms with van der Waals surface area (Å²) in [6.07, 6.45) is 5.75. The fourth-order valence-corrected chi connectivity index (χ4v) is 3.82. The Morgan fingerprint density at radius 3 is 2.48 bits per heavy atom. The van der Waals surface area contributed by atoms with Crippen molar-refractivity contribution in [1.29, 1.82) is 0 Å². The molecule has 4 rings (SSSR count). The number of phenols is 1. The SMILES string of the molecule is CN1C(=O)C(c2ccc(O)cc2)N=C(c2ccccc2)C2C=C(Cl)C=CC21. The lowest BCUT2D eigenvalue weighted by atomic mass is 9.86. The molecule has 0 spiro atoms. The molecule has 1 N–H and O–H groups in total. The Balaban J connectivity index is 1.89. The summed E-state index contributed by atoms with van der Waals surface area (Å²) in [7, 11) is 1.80. The minimum absolute atomic E-state index is 0.0855. The van der Waals surface area contributed by atoms with Gasteiger partial charge in [0.2, 0.25) is 0 Å². The van der Waals surface area contributed by atoms with E-state index in [2.05, 4.69) is 0 Å². The number of hydrogen-bond donors (Lipinski definition) is 1. The van der Waals surface area contributed by atoms with Gasteiger partial charge >= 0.3 is 0 Å². The third-order valence-corrected chi connectivity index (χ3v) is 5.30. The van der Waals surface area contributed by atoms with Crippen LogP contribution in [0.5, 0.6) is 5.75 Å². The van der Waals surface area contributed by atoms with Gasteiger partial charge in [0, 0.05) is 18.0 Å². The number of hydrogen-bond acceptors (Lipinski definition) is 3. The predicted molar refractivity (Wildman–Crippen MR) is 107 cm³/mol. The zero-order valence-corrected chi connectivity index (χ0v) is 15.5. The van der Waals surface area contributed by atoms with Crippen molar-refractivity contribution in [1.82, 2.24) is 4.90 Å². The average Bonchev–Trinajstić information content (AvgIpc) is 2.79. The molecule has 0 radical (unpaired) electrons. The summed E-state index contributed by atoms with van der Waals surface area (Å²) < 4.78 is 0. The number of fused-ring (bicyclic) bond motifs is 1. The maximum absolute atomic E-state index is 13.2. The van der Waals surface area contributed by atoms with Crippen LogP contribution in [0.15, 0.2) is 82.9 Å². The summed E-state index contributed by atoms with van der Waals surface area (Å²) in [6, 6.07) is 15.7. The van der Waals surface area contributed by atoms with E-state index in [1.54, 1.807) is 36.2 Å². The van der Waals surface area contributed by atoms with Crippen LogP contribution in [0.4, 0.5) is 0 Å². The average molecular weight is 379 g/mol. The van der Waals surface area contributed by atoms with Crippen LogP contribution >= 0.6 is 11.6 Å². The number of benzene rings is 2. The zero-order valence-electron chi connectivity index (χ0n) is 14.8. The molecule has 1 heterocycles. The summed E-state index contributed by atoms with van der Waals surface area (Å²) in [5.41, 5.74) is 2.55. The van der Waals surface area contributed by atoms with Crippen LogP contribution in [-0.2, 0) is 4.79 Å². The van der Waals surface area contributed by atoms with E-state index in [0.717, 1.165) is 16.8 Å². The quantitative estimate of drug-likeness (QED) is 0.856. The Morgan fingerprint density at radius 2 is 1.78 bits per heavy atom. The Labute approximate surface area is 163 Å². The molecular formula is C22H19ClN2O2. The first-order valence-electron chi connectivity index (χ1n) is 8.79. The molecule has 0 aromatic heterocycles. The lowest BCUT2D eigenvalue weighted by molar-refractivity contribution is -0.132. The number of carbonyl (C=O) groups is 1. The van der Waals surface area contributed by atoms with Crippen LogP contribution in [-0.4, -0.2) is 34.7 Å². The minimum Gasteiger partial charge on any atom is -0.508 e. The Hall–Kier alpha value is -2.85. The van der Waals surface area contributed by atoms with Gasteiger partial charge in [-0.2, -0.15) is 0 Å². The highest BCUT2D eigenvalue weighted by atomic mass is 35.5. The molecule has 2 aromatic rings. The predicted octanol–water partition coefficient (Wildman–Crippen LogP) is 4.07. The van der Waals surface area contributed by atoms with E-state index >= 15 is 0 Å². The highest BCUT2D eigenvalue weighted by Gasteiger charge is 2.38. The molecule has 1 aliphatic heterocycles. The Kier molecular flexibility index (Phi) is 4.58. The van der Waals surface area contributed by atoms with E-state index in [9.17, 15) is 9.90 Å². The topological polar surface area (TPSA) is 52.9 Å². The van der Waals surface area contributed by atoms with Crippen LogP contribution in [0.1, 0.15) is 17.2 Å². The highest BCUT2D eigenvalue weighted by Crippen LogP contribution is 2.34. The van der Waals surface area contributed by atoms with E-state index in [4.69, 9.17) is 16.6 Å². The minimum atomic E-state index is -0.669. The van der Waals surface area contributed by atoms with E-state index in [1.807, 2.05) is 48.6 Å². The first kappa shape index (κ1) is 17.6. The van der Waals surface area contributed by atoms with Crippen molar-refractivity contribution in [2.45, 2.75) is 12.1 Å². The summed E-state index contributed by atoms with van der Waals surface area (Å²) in [4.78, 5) is 19.8. The lowest BCUT2D eigenvalue weighted by Crippen LogP contribution is -2.42. The monoisotopic (exact) mass is 378 g/mol. The molecule has 5 heteroatoms. The summed E-state index contributed by atoms with van der Waals surface area (Å²) in [5, 5.41) is 10.2. The smallest absolute Gasteiger partial charge is 0.252 e. The van der Waals surface area contributed by atoms with Crippen LogP contribution in [0.3, 0.4) is 0 Å². The van der Waals surface area contributed by atoms with Gasteiger partial charge < -0.3 is 10.0 Å². The van der Waals surface area contributed by atoms with Gasteiger partial charge in [-0.3, -0.25) is 9.79 Å². The summed E-state index contributed by atoms with van der Waals surface area (Å²) in [5.74, 6) is -0.0505. The number of carbonyl (C=O) groups excluding carboxylic acids is 1. The maximum Gasteiger partial charge on any atom is 0.252 e. The number of amides is 1. The number of rotatable bonds is 2. The van der Waals surface area contributed by atoms with Crippen molar-refractivity contribution in [3.63, 3.8) is 0 Å².